The minimum atomic E-state index is -3.52. The van der Waals surface area contributed by atoms with E-state index in [9.17, 15) is 8.42 Å². The van der Waals surface area contributed by atoms with Crippen LogP contribution in [0.1, 0.15) is 19.4 Å². The SMILES string of the molecule is Cc1ccc(N)cc1S(=O)(=O)N(CCN(C)C)CC(C)C. The van der Waals surface area contributed by atoms with Gasteiger partial charge in [-0.3, -0.25) is 0 Å². The molecule has 2 N–H and O–H groups in total. The van der Waals surface area contributed by atoms with Crippen LogP contribution in [0.25, 0.3) is 0 Å². The molecule has 0 aliphatic rings. The Morgan fingerprint density at radius 3 is 2.33 bits per heavy atom. The number of sulfonamides is 1. The lowest BCUT2D eigenvalue weighted by atomic mass is 10.2. The van der Waals surface area contributed by atoms with Crippen LogP contribution in [-0.4, -0.2) is 51.4 Å². The Hall–Kier alpha value is -1.11. The number of rotatable bonds is 7. The summed E-state index contributed by atoms with van der Waals surface area (Å²) in [5.41, 5.74) is 6.95. The van der Waals surface area contributed by atoms with Gasteiger partial charge in [0.2, 0.25) is 10.0 Å². The van der Waals surface area contributed by atoms with Crippen molar-refractivity contribution in [2.24, 2.45) is 5.92 Å². The predicted octanol–water partition coefficient (Wildman–Crippen LogP) is 1.79. The van der Waals surface area contributed by atoms with Crippen molar-refractivity contribution in [3.63, 3.8) is 0 Å². The summed E-state index contributed by atoms with van der Waals surface area (Å²) in [5, 5.41) is 0. The number of nitrogens with two attached hydrogens (primary N) is 1. The van der Waals surface area contributed by atoms with Crippen LogP contribution in [0.5, 0.6) is 0 Å². The third-order valence-corrected chi connectivity index (χ3v) is 5.20. The Kier molecular flexibility index (Phi) is 6.19. The summed E-state index contributed by atoms with van der Waals surface area (Å²) in [7, 11) is 0.355. The van der Waals surface area contributed by atoms with Gasteiger partial charge in [-0.15, -0.1) is 0 Å². The van der Waals surface area contributed by atoms with Gasteiger partial charge in [0.1, 0.15) is 0 Å². The Balaban J connectivity index is 3.16. The van der Waals surface area contributed by atoms with E-state index in [1.54, 1.807) is 29.4 Å². The smallest absolute Gasteiger partial charge is 0.243 e. The molecule has 0 saturated carbocycles. The number of benzene rings is 1. The van der Waals surface area contributed by atoms with Crippen molar-refractivity contribution in [3.8, 4) is 0 Å². The maximum atomic E-state index is 12.9. The Morgan fingerprint density at radius 2 is 1.81 bits per heavy atom. The zero-order chi connectivity index (χ0) is 16.2. The molecule has 1 aromatic carbocycles. The number of likely N-dealkylation sites (N-methyl/N-ethyl adjacent to an activating group) is 1. The van der Waals surface area contributed by atoms with Gasteiger partial charge >= 0.3 is 0 Å². The number of nitrogens with zero attached hydrogens (tertiary/aromatic N) is 2. The summed E-state index contributed by atoms with van der Waals surface area (Å²) >= 11 is 0. The molecule has 0 aliphatic carbocycles. The third kappa shape index (κ3) is 4.98. The lowest BCUT2D eigenvalue weighted by molar-refractivity contribution is 0.312. The van der Waals surface area contributed by atoms with Crippen LogP contribution >= 0.6 is 0 Å². The normalized spacial score (nSPS) is 12.6. The van der Waals surface area contributed by atoms with Gasteiger partial charge in [0.05, 0.1) is 4.90 Å². The fourth-order valence-electron chi connectivity index (χ4n) is 2.06. The Bertz CT molecular complexity index is 568. The number of nitrogen functional groups attached to an aromatic ring is 1. The van der Waals surface area contributed by atoms with Gasteiger partial charge < -0.3 is 10.6 Å². The molecule has 21 heavy (non-hydrogen) atoms. The van der Waals surface area contributed by atoms with Crippen LogP contribution in [0.3, 0.4) is 0 Å². The van der Waals surface area contributed by atoms with E-state index in [0.717, 1.165) is 5.56 Å². The van der Waals surface area contributed by atoms with Crippen molar-refractivity contribution in [2.45, 2.75) is 25.7 Å². The zero-order valence-corrected chi connectivity index (χ0v) is 14.4. The highest BCUT2D eigenvalue weighted by molar-refractivity contribution is 7.89. The molecule has 0 aliphatic heterocycles. The second-order valence-electron chi connectivity index (χ2n) is 6.09. The average molecular weight is 313 g/mol. The van der Waals surface area contributed by atoms with Crippen LogP contribution in [0.15, 0.2) is 23.1 Å². The van der Waals surface area contributed by atoms with Crippen LogP contribution in [0, 0.1) is 12.8 Å². The fraction of sp³-hybridized carbons (Fsp3) is 0.600. The second-order valence-corrected chi connectivity index (χ2v) is 7.99. The summed E-state index contributed by atoms with van der Waals surface area (Å²) in [5.74, 6) is 0.267. The molecular formula is C15H27N3O2S. The average Bonchev–Trinajstić information content (AvgIpc) is 2.36. The van der Waals surface area contributed by atoms with Crippen LogP contribution in [0.4, 0.5) is 5.69 Å². The van der Waals surface area contributed by atoms with Gasteiger partial charge in [-0.05, 0) is 44.6 Å². The minimum absolute atomic E-state index is 0.267. The van der Waals surface area contributed by atoms with Crippen LogP contribution in [-0.2, 0) is 10.0 Å². The number of hydrogen-bond donors (Lipinski definition) is 1. The third-order valence-electron chi connectivity index (χ3n) is 3.20. The van der Waals surface area contributed by atoms with Crippen molar-refractivity contribution in [1.82, 2.24) is 9.21 Å². The molecule has 1 aromatic rings. The molecule has 0 unspecified atom stereocenters. The van der Waals surface area contributed by atoms with Crippen LogP contribution < -0.4 is 5.73 Å². The van der Waals surface area contributed by atoms with E-state index >= 15 is 0 Å². The maximum Gasteiger partial charge on any atom is 0.243 e. The topological polar surface area (TPSA) is 66.6 Å². The first-order chi connectivity index (χ1) is 9.64. The van der Waals surface area contributed by atoms with Crippen molar-refractivity contribution in [3.05, 3.63) is 23.8 Å². The molecule has 0 radical (unpaired) electrons. The maximum absolute atomic E-state index is 12.9. The van der Waals surface area contributed by atoms with Gasteiger partial charge in [-0.1, -0.05) is 19.9 Å². The van der Waals surface area contributed by atoms with Crippen LogP contribution in [0.2, 0.25) is 0 Å². The highest BCUT2D eigenvalue weighted by atomic mass is 32.2. The highest BCUT2D eigenvalue weighted by Crippen LogP contribution is 2.23. The molecule has 0 fully saturated rings. The van der Waals surface area contributed by atoms with E-state index in [1.807, 2.05) is 32.8 Å². The molecule has 0 amide bonds. The number of aryl methyl sites for hydroxylation is 1. The van der Waals surface area contributed by atoms with Crippen molar-refractivity contribution < 1.29 is 8.42 Å². The summed E-state index contributed by atoms with van der Waals surface area (Å²) in [6, 6.07) is 5.02. The van der Waals surface area contributed by atoms with E-state index in [0.29, 0.717) is 30.2 Å². The molecule has 0 bridgehead atoms. The second kappa shape index (κ2) is 7.24. The van der Waals surface area contributed by atoms with E-state index in [2.05, 4.69) is 0 Å². The van der Waals surface area contributed by atoms with E-state index in [4.69, 9.17) is 5.73 Å². The Morgan fingerprint density at radius 1 is 1.19 bits per heavy atom. The van der Waals surface area contributed by atoms with Gasteiger partial charge in [0.15, 0.2) is 0 Å². The quantitative estimate of drug-likeness (QED) is 0.779. The lowest BCUT2D eigenvalue weighted by Crippen LogP contribution is -2.39. The van der Waals surface area contributed by atoms with Gasteiger partial charge in [0, 0.05) is 25.3 Å². The van der Waals surface area contributed by atoms with Crippen molar-refractivity contribution in [1.29, 1.82) is 0 Å². The van der Waals surface area contributed by atoms with Crippen molar-refractivity contribution in [2.75, 3.05) is 39.5 Å². The molecular weight excluding hydrogens is 286 g/mol. The first kappa shape index (κ1) is 17.9. The van der Waals surface area contributed by atoms with E-state index in [-0.39, 0.29) is 5.92 Å². The summed E-state index contributed by atoms with van der Waals surface area (Å²) in [6.45, 7) is 7.50. The predicted molar refractivity (Wildman–Crippen MR) is 87.7 cm³/mol. The molecule has 0 heterocycles. The number of anilines is 1. The van der Waals surface area contributed by atoms with Gasteiger partial charge in [-0.2, -0.15) is 4.31 Å². The largest absolute Gasteiger partial charge is 0.399 e. The van der Waals surface area contributed by atoms with E-state index < -0.39 is 10.0 Å². The molecule has 0 aromatic heterocycles. The van der Waals surface area contributed by atoms with E-state index in [1.165, 1.54) is 0 Å². The molecule has 0 saturated heterocycles. The van der Waals surface area contributed by atoms with Gasteiger partial charge in [0.25, 0.3) is 0 Å². The fourth-order valence-corrected chi connectivity index (χ4v) is 3.92. The molecule has 0 spiro atoms. The Labute approximate surface area is 128 Å². The first-order valence-electron chi connectivity index (χ1n) is 7.15. The molecule has 120 valence electrons. The lowest BCUT2D eigenvalue weighted by Gasteiger charge is -2.26. The zero-order valence-electron chi connectivity index (χ0n) is 13.6. The molecule has 0 atom stereocenters. The highest BCUT2D eigenvalue weighted by Gasteiger charge is 2.26. The first-order valence-corrected chi connectivity index (χ1v) is 8.59. The number of hydrogen-bond acceptors (Lipinski definition) is 4. The molecule has 6 heteroatoms. The summed E-state index contributed by atoms with van der Waals surface area (Å²) in [6.07, 6.45) is 0. The van der Waals surface area contributed by atoms with Gasteiger partial charge in [-0.25, -0.2) is 8.42 Å². The minimum Gasteiger partial charge on any atom is -0.399 e. The molecule has 1 rings (SSSR count). The standard InChI is InChI=1S/C15H27N3O2S/c1-12(2)11-18(9-8-17(4)5)21(19,20)15-10-14(16)7-6-13(15)3/h6-7,10,12H,8-9,11,16H2,1-5H3. The molecule has 5 nitrogen and oxygen atoms in total. The van der Waals surface area contributed by atoms with Crippen molar-refractivity contribution >= 4 is 15.7 Å². The summed E-state index contributed by atoms with van der Waals surface area (Å²) in [4.78, 5) is 2.29. The summed E-state index contributed by atoms with van der Waals surface area (Å²) < 4.78 is 27.4. The monoisotopic (exact) mass is 313 g/mol.